The molecule has 0 amide bonds. The number of anilines is 1. The maximum atomic E-state index is 5.69. The van der Waals surface area contributed by atoms with E-state index in [9.17, 15) is 0 Å². The summed E-state index contributed by atoms with van der Waals surface area (Å²) in [6, 6.07) is 0.230. The molecule has 1 aliphatic rings. The number of hydrogen-bond donors (Lipinski definition) is 1. The SMILES string of the molecule is CC(C)(C)Oc1nc(N)c2c(n1)[N]C=N2. The Balaban J connectivity index is 2.34. The number of nitrogens with zero attached hydrogens (tertiary/aromatic N) is 4. The second kappa shape index (κ2) is 3.08. The Bertz CT molecular complexity index is 421. The third-order valence-electron chi connectivity index (χ3n) is 1.64. The number of aliphatic imine (C=N–C) groups is 1. The first-order valence-corrected chi connectivity index (χ1v) is 4.55. The fraction of sp³-hybridized carbons (Fsp3) is 0.444. The Morgan fingerprint density at radius 1 is 1.27 bits per heavy atom. The molecule has 1 aromatic heterocycles. The van der Waals surface area contributed by atoms with Gasteiger partial charge in [0.05, 0.1) is 0 Å². The molecule has 0 fully saturated rings. The average Bonchev–Trinajstić information content (AvgIpc) is 2.48. The zero-order valence-electron chi connectivity index (χ0n) is 8.85. The van der Waals surface area contributed by atoms with Crippen LogP contribution in [0.2, 0.25) is 0 Å². The van der Waals surface area contributed by atoms with Gasteiger partial charge < -0.3 is 10.5 Å². The van der Waals surface area contributed by atoms with Gasteiger partial charge in [-0.1, -0.05) is 0 Å². The molecule has 6 heteroatoms. The minimum absolute atomic E-state index is 0.230. The molecule has 0 saturated heterocycles. The Hall–Kier alpha value is -1.85. The minimum atomic E-state index is -0.361. The van der Waals surface area contributed by atoms with E-state index in [0.717, 1.165) is 0 Å². The summed E-state index contributed by atoms with van der Waals surface area (Å²) < 4.78 is 5.49. The van der Waals surface area contributed by atoms with Crippen LogP contribution in [0.3, 0.4) is 0 Å². The van der Waals surface area contributed by atoms with Crippen molar-refractivity contribution in [3.8, 4) is 6.01 Å². The number of fused-ring (bicyclic) bond motifs is 1. The lowest BCUT2D eigenvalue weighted by atomic mass is 10.2. The van der Waals surface area contributed by atoms with Gasteiger partial charge in [-0.05, 0) is 20.8 Å². The van der Waals surface area contributed by atoms with E-state index in [1.807, 2.05) is 20.8 Å². The highest BCUT2D eigenvalue weighted by Crippen LogP contribution is 2.33. The van der Waals surface area contributed by atoms with Crippen molar-refractivity contribution in [3.05, 3.63) is 0 Å². The minimum Gasteiger partial charge on any atom is -0.458 e. The number of nitrogens with two attached hydrogens (primary N) is 1. The maximum absolute atomic E-state index is 5.69. The van der Waals surface area contributed by atoms with Gasteiger partial charge in [0.1, 0.15) is 11.9 Å². The van der Waals surface area contributed by atoms with E-state index in [0.29, 0.717) is 11.5 Å². The van der Waals surface area contributed by atoms with E-state index >= 15 is 0 Å². The van der Waals surface area contributed by atoms with Crippen molar-refractivity contribution in [2.75, 3.05) is 5.73 Å². The van der Waals surface area contributed by atoms with Crippen LogP contribution in [0.25, 0.3) is 0 Å². The molecule has 2 rings (SSSR count). The summed E-state index contributed by atoms with van der Waals surface area (Å²) in [5.74, 6) is 0.749. The smallest absolute Gasteiger partial charge is 0.321 e. The first kappa shape index (κ1) is 9.70. The molecule has 0 aromatic carbocycles. The predicted molar refractivity (Wildman–Crippen MR) is 56.8 cm³/mol. The number of ether oxygens (including phenoxy) is 1. The molecule has 1 aromatic rings. The lowest BCUT2D eigenvalue weighted by Gasteiger charge is -2.19. The molecule has 0 saturated carbocycles. The Morgan fingerprint density at radius 2 is 2.00 bits per heavy atom. The summed E-state index contributed by atoms with van der Waals surface area (Å²) in [6.07, 6.45) is 1.40. The summed E-state index contributed by atoms with van der Waals surface area (Å²) in [6.45, 7) is 5.73. The van der Waals surface area contributed by atoms with Gasteiger partial charge in [-0.2, -0.15) is 9.97 Å². The lowest BCUT2D eigenvalue weighted by Crippen LogP contribution is -2.24. The molecule has 1 aliphatic heterocycles. The first-order valence-electron chi connectivity index (χ1n) is 4.55. The van der Waals surface area contributed by atoms with E-state index in [2.05, 4.69) is 20.3 Å². The highest BCUT2D eigenvalue weighted by Gasteiger charge is 2.20. The molecular formula is C9H12N5O. The van der Waals surface area contributed by atoms with Crippen molar-refractivity contribution in [2.24, 2.45) is 4.99 Å². The van der Waals surface area contributed by atoms with Crippen molar-refractivity contribution in [1.82, 2.24) is 15.3 Å². The van der Waals surface area contributed by atoms with Crippen LogP contribution in [0.5, 0.6) is 6.01 Å². The van der Waals surface area contributed by atoms with Crippen molar-refractivity contribution in [2.45, 2.75) is 26.4 Å². The lowest BCUT2D eigenvalue weighted by molar-refractivity contribution is 0.117. The van der Waals surface area contributed by atoms with Crippen LogP contribution in [-0.4, -0.2) is 21.9 Å². The third-order valence-corrected chi connectivity index (χ3v) is 1.64. The molecule has 6 nitrogen and oxygen atoms in total. The van der Waals surface area contributed by atoms with Crippen LogP contribution in [0.1, 0.15) is 20.8 Å². The quantitative estimate of drug-likeness (QED) is 0.746. The molecule has 2 heterocycles. The maximum Gasteiger partial charge on any atom is 0.321 e. The van der Waals surface area contributed by atoms with Crippen LogP contribution < -0.4 is 15.8 Å². The zero-order valence-corrected chi connectivity index (χ0v) is 8.85. The van der Waals surface area contributed by atoms with Gasteiger partial charge >= 0.3 is 6.01 Å². The van der Waals surface area contributed by atoms with Crippen molar-refractivity contribution >= 4 is 23.7 Å². The van der Waals surface area contributed by atoms with E-state index in [4.69, 9.17) is 10.5 Å². The fourth-order valence-electron chi connectivity index (χ4n) is 1.11. The second-order valence-electron chi connectivity index (χ2n) is 4.15. The van der Waals surface area contributed by atoms with Gasteiger partial charge in [-0.3, -0.25) is 0 Å². The largest absolute Gasteiger partial charge is 0.458 e. The molecule has 0 spiro atoms. The second-order valence-corrected chi connectivity index (χ2v) is 4.15. The molecule has 0 unspecified atom stereocenters. The molecule has 0 bridgehead atoms. The van der Waals surface area contributed by atoms with E-state index in [1.54, 1.807) is 0 Å². The van der Waals surface area contributed by atoms with Gasteiger partial charge in [0.15, 0.2) is 17.3 Å². The van der Waals surface area contributed by atoms with Gasteiger partial charge in [0.2, 0.25) is 0 Å². The molecule has 0 atom stereocenters. The summed E-state index contributed by atoms with van der Waals surface area (Å²) in [7, 11) is 0. The molecule has 79 valence electrons. The summed E-state index contributed by atoms with van der Waals surface area (Å²) in [4.78, 5) is 12.0. The van der Waals surface area contributed by atoms with E-state index < -0.39 is 0 Å². The third kappa shape index (κ3) is 1.98. The number of aromatic nitrogens is 2. The number of rotatable bonds is 1. The Labute approximate surface area is 87.6 Å². The van der Waals surface area contributed by atoms with Crippen LogP contribution in [0, 0.1) is 0 Å². The van der Waals surface area contributed by atoms with Crippen LogP contribution in [0.15, 0.2) is 4.99 Å². The van der Waals surface area contributed by atoms with Crippen molar-refractivity contribution in [3.63, 3.8) is 0 Å². The van der Waals surface area contributed by atoms with Crippen LogP contribution in [-0.2, 0) is 0 Å². The average molecular weight is 206 g/mol. The van der Waals surface area contributed by atoms with Gasteiger partial charge in [0, 0.05) is 0 Å². The predicted octanol–water partition coefficient (Wildman–Crippen LogP) is 1.15. The molecule has 15 heavy (non-hydrogen) atoms. The Morgan fingerprint density at radius 3 is 2.67 bits per heavy atom. The Kier molecular flexibility index (Phi) is 1.99. The summed E-state index contributed by atoms with van der Waals surface area (Å²) in [5.41, 5.74) is 5.84. The highest BCUT2D eigenvalue weighted by molar-refractivity contribution is 5.84. The zero-order chi connectivity index (χ0) is 11.1. The topological polar surface area (TPSA) is 87.5 Å². The van der Waals surface area contributed by atoms with Gasteiger partial charge in [0.25, 0.3) is 0 Å². The molecule has 1 radical (unpaired) electrons. The van der Waals surface area contributed by atoms with Crippen molar-refractivity contribution < 1.29 is 4.74 Å². The summed E-state index contributed by atoms with van der Waals surface area (Å²) >= 11 is 0. The number of nitrogen functional groups attached to an aromatic ring is 1. The molecular weight excluding hydrogens is 194 g/mol. The molecule has 0 aliphatic carbocycles. The van der Waals surface area contributed by atoms with Crippen LogP contribution in [0.4, 0.5) is 17.3 Å². The first-order chi connectivity index (χ1) is 6.96. The monoisotopic (exact) mass is 206 g/mol. The fourth-order valence-corrected chi connectivity index (χ4v) is 1.11. The molecule has 2 N–H and O–H groups in total. The van der Waals surface area contributed by atoms with E-state index in [1.165, 1.54) is 6.34 Å². The van der Waals surface area contributed by atoms with Crippen molar-refractivity contribution in [1.29, 1.82) is 0 Å². The summed E-state index contributed by atoms with van der Waals surface area (Å²) in [5, 5.41) is 3.95. The number of hydrogen-bond acceptors (Lipinski definition) is 5. The standard InChI is InChI=1S/C9H12N5O/c1-9(2,3)15-8-13-6(10)5-7(14-8)12-4-11-5/h4H,1-3H3,(H2,10,13,14). The van der Waals surface area contributed by atoms with Gasteiger partial charge in [-0.15, -0.1) is 0 Å². The van der Waals surface area contributed by atoms with E-state index in [-0.39, 0.29) is 17.4 Å². The van der Waals surface area contributed by atoms with Crippen LogP contribution >= 0.6 is 0 Å². The highest BCUT2D eigenvalue weighted by atomic mass is 16.5. The van der Waals surface area contributed by atoms with Gasteiger partial charge in [-0.25, -0.2) is 10.3 Å². The normalized spacial score (nSPS) is 13.5.